The molecule has 0 unspecified atom stereocenters. The Bertz CT molecular complexity index is 589. The molecular formula is C14H11NO2. The average molecular weight is 225 g/mol. The molecule has 0 atom stereocenters. The van der Waals surface area contributed by atoms with Crippen LogP contribution in [-0.2, 0) is 0 Å². The van der Waals surface area contributed by atoms with Crippen LogP contribution in [0.3, 0.4) is 0 Å². The highest BCUT2D eigenvalue weighted by molar-refractivity contribution is 5.51. The molecule has 1 aromatic carbocycles. The zero-order chi connectivity index (χ0) is 11.9. The summed E-state index contributed by atoms with van der Waals surface area (Å²) in [5, 5.41) is 0. The van der Waals surface area contributed by atoms with Crippen LogP contribution < -0.4 is 5.63 Å². The molecule has 0 fully saturated rings. The Balaban J connectivity index is 2.62. The van der Waals surface area contributed by atoms with Crippen molar-refractivity contribution in [2.75, 3.05) is 0 Å². The summed E-state index contributed by atoms with van der Waals surface area (Å²) in [6.07, 6.45) is 1.59. The molecule has 2 aromatic rings. The highest BCUT2D eigenvalue weighted by atomic mass is 16.4. The number of aromatic nitrogens is 1. The van der Waals surface area contributed by atoms with Crippen molar-refractivity contribution in [3.8, 4) is 11.5 Å². The Labute approximate surface area is 98.7 Å². The summed E-state index contributed by atoms with van der Waals surface area (Å²) < 4.78 is 5.15. The molecule has 0 saturated heterocycles. The van der Waals surface area contributed by atoms with Crippen molar-refractivity contribution in [1.82, 2.24) is 4.98 Å². The molecule has 17 heavy (non-hydrogen) atoms. The summed E-state index contributed by atoms with van der Waals surface area (Å²) >= 11 is 0. The third-order valence-electron chi connectivity index (χ3n) is 2.06. The fraction of sp³-hybridized carbons (Fsp3) is 0. The minimum Gasteiger partial charge on any atom is -0.404 e. The molecule has 1 aromatic heterocycles. The first-order chi connectivity index (χ1) is 8.36. The van der Waals surface area contributed by atoms with Gasteiger partial charge in [-0.3, -0.25) is 0 Å². The van der Waals surface area contributed by atoms with E-state index in [9.17, 15) is 4.79 Å². The summed E-state index contributed by atoms with van der Waals surface area (Å²) in [5.41, 5.74) is 0.330. The zero-order valence-corrected chi connectivity index (χ0v) is 9.11. The molecule has 0 saturated carbocycles. The third-order valence-corrected chi connectivity index (χ3v) is 2.06. The van der Waals surface area contributed by atoms with Gasteiger partial charge in [-0.2, -0.15) is 0 Å². The van der Waals surface area contributed by atoms with E-state index in [4.69, 9.17) is 4.42 Å². The number of hydrogen-bond acceptors (Lipinski definition) is 3. The minimum atomic E-state index is -0.437. The van der Waals surface area contributed by atoms with Gasteiger partial charge >= 0.3 is 5.63 Å². The van der Waals surface area contributed by atoms with E-state index in [0.29, 0.717) is 5.89 Å². The van der Waals surface area contributed by atoms with Crippen LogP contribution in [0.1, 0.15) is 0 Å². The predicted octanol–water partition coefficient (Wildman–Crippen LogP) is 2.83. The summed E-state index contributed by atoms with van der Waals surface area (Å²) in [5.74, 6) is 0.298. The number of nitrogens with zero attached hydrogens (tertiary/aromatic N) is 1. The van der Waals surface area contributed by atoms with E-state index in [2.05, 4.69) is 4.98 Å². The van der Waals surface area contributed by atoms with Gasteiger partial charge < -0.3 is 4.42 Å². The molecule has 0 amide bonds. The second kappa shape index (κ2) is 5.61. The first-order valence-corrected chi connectivity index (χ1v) is 5.21. The van der Waals surface area contributed by atoms with Crippen molar-refractivity contribution in [2.24, 2.45) is 0 Å². The summed E-state index contributed by atoms with van der Waals surface area (Å²) in [7, 11) is 0. The molecule has 0 aliphatic heterocycles. The van der Waals surface area contributed by atoms with Gasteiger partial charge in [0, 0.05) is 17.8 Å². The Morgan fingerprint density at radius 3 is 2.29 bits per heavy atom. The fourth-order valence-corrected chi connectivity index (χ4v) is 1.29. The lowest BCUT2D eigenvalue weighted by molar-refractivity contribution is 0.515. The van der Waals surface area contributed by atoms with E-state index in [-0.39, 0.29) is 0 Å². The minimum absolute atomic E-state index is 0.298. The van der Waals surface area contributed by atoms with Crippen LogP contribution in [0, 0.1) is 0 Å². The largest absolute Gasteiger partial charge is 0.404 e. The van der Waals surface area contributed by atoms with Gasteiger partial charge in [0.1, 0.15) is 0 Å². The van der Waals surface area contributed by atoms with Crippen molar-refractivity contribution in [2.45, 2.75) is 0 Å². The monoisotopic (exact) mass is 225 g/mol. The second-order valence-corrected chi connectivity index (χ2v) is 3.31. The van der Waals surface area contributed by atoms with Crippen LogP contribution in [0.2, 0.25) is 0 Å². The molecule has 0 aliphatic carbocycles. The van der Waals surface area contributed by atoms with Crippen LogP contribution >= 0.6 is 0 Å². The highest BCUT2D eigenvalue weighted by Crippen LogP contribution is 2.12. The van der Waals surface area contributed by atoms with E-state index >= 15 is 0 Å². The van der Waals surface area contributed by atoms with Crippen LogP contribution in [-0.4, -0.2) is 4.98 Å². The van der Waals surface area contributed by atoms with Gasteiger partial charge in [0.05, 0.1) is 0 Å². The average Bonchev–Trinajstić information content (AvgIpc) is 2.38. The highest BCUT2D eigenvalue weighted by Gasteiger charge is 1.97. The normalized spacial score (nSPS) is 9.41. The van der Waals surface area contributed by atoms with E-state index in [1.165, 1.54) is 6.07 Å². The van der Waals surface area contributed by atoms with Gasteiger partial charge in [0.2, 0.25) is 5.89 Å². The quantitative estimate of drug-likeness (QED) is 0.749. The first kappa shape index (κ1) is 11.1. The van der Waals surface area contributed by atoms with Gasteiger partial charge in [0.25, 0.3) is 0 Å². The van der Waals surface area contributed by atoms with Gasteiger partial charge in [-0.05, 0) is 18.2 Å². The number of benzene rings is 1. The molecule has 3 nitrogen and oxygen atoms in total. The molecule has 2 rings (SSSR count). The molecule has 0 radical (unpaired) electrons. The molecule has 0 N–H and O–H groups in total. The summed E-state index contributed by atoms with van der Waals surface area (Å²) in [6, 6.07) is 17.6. The smallest absolute Gasteiger partial charge is 0.337 e. The standard InChI is InChI=1S/C14H11NO2/c16-13-10-6-1-2-7-11-15-14(17-13)12-8-4-3-5-9-12/h1-11H. The van der Waals surface area contributed by atoms with Crippen LogP contribution in [0.5, 0.6) is 0 Å². The van der Waals surface area contributed by atoms with E-state index in [1.54, 1.807) is 30.5 Å². The predicted molar refractivity (Wildman–Crippen MR) is 65.8 cm³/mol. The third kappa shape index (κ3) is 3.28. The molecule has 1 heterocycles. The molecule has 0 spiro atoms. The number of rotatable bonds is 1. The lowest BCUT2D eigenvalue weighted by atomic mass is 10.2. The lowest BCUT2D eigenvalue weighted by Gasteiger charge is -1.94. The van der Waals surface area contributed by atoms with Crippen molar-refractivity contribution < 1.29 is 4.42 Å². The van der Waals surface area contributed by atoms with Gasteiger partial charge in [-0.1, -0.05) is 36.4 Å². The first-order valence-electron chi connectivity index (χ1n) is 5.21. The van der Waals surface area contributed by atoms with Crippen molar-refractivity contribution >= 4 is 0 Å². The van der Waals surface area contributed by atoms with Crippen molar-refractivity contribution in [1.29, 1.82) is 0 Å². The zero-order valence-electron chi connectivity index (χ0n) is 9.11. The van der Waals surface area contributed by atoms with Crippen molar-refractivity contribution in [3.63, 3.8) is 0 Å². The number of hydrogen-bond donors (Lipinski definition) is 0. The fourth-order valence-electron chi connectivity index (χ4n) is 1.29. The van der Waals surface area contributed by atoms with Crippen molar-refractivity contribution in [3.05, 3.63) is 77.3 Å². The van der Waals surface area contributed by atoms with E-state index in [0.717, 1.165) is 5.56 Å². The molecule has 84 valence electrons. The van der Waals surface area contributed by atoms with E-state index in [1.807, 2.05) is 30.3 Å². The topological polar surface area (TPSA) is 43.1 Å². The molecule has 0 aliphatic rings. The maximum atomic E-state index is 11.4. The van der Waals surface area contributed by atoms with Crippen LogP contribution in [0.25, 0.3) is 11.5 Å². The Morgan fingerprint density at radius 2 is 1.47 bits per heavy atom. The summed E-state index contributed by atoms with van der Waals surface area (Å²) in [6.45, 7) is 0. The van der Waals surface area contributed by atoms with Crippen LogP contribution in [0.15, 0.2) is 76.1 Å². The molecule has 0 bridgehead atoms. The van der Waals surface area contributed by atoms with E-state index < -0.39 is 5.63 Å². The molecule has 3 heteroatoms. The van der Waals surface area contributed by atoms with Gasteiger partial charge in [-0.25, -0.2) is 9.78 Å². The SMILES string of the molecule is O=c1ccccccnc(-c2ccccc2)o1. The maximum Gasteiger partial charge on any atom is 0.337 e. The second-order valence-electron chi connectivity index (χ2n) is 3.31. The van der Waals surface area contributed by atoms with Gasteiger partial charge in [-0.15, -0.1) is 0 Å². The Morgan fingerprint density at radius 1 is 0.824 bits per heavy atom. The Kier molecular flexibility index (Phi) is 3.65. The lowest BCUT2D eigenvalue weighted by Crippen LogP contribution is -1.93. The Hall–Kier alpha value is -2.42. The summed E-state index contributed by atoms with van der Waals surface area (Å²) in [4.78, 5) is 15.6. The van der Waals surface area contributed by atoms with Crippen LogP contribution in [0.4, 0.5) is 0 Å². The maximum absolute atomic E-state index is 11.4. The molecular weight excluding hydrogens is 214 g/mol. The van der Waals surface area contributed by atoms with Gasteiger partial charge in [0.15, 0.2) is 0 Å².